The highest BCUT2D eigenvalue weighted by atomic mass is 16.5. The van der Waals surface area contributed by atoms with Crippen molar-refractivity contribution in [1.29, 1.82) is 0 Å². The molecule has 1 aromatic rings. The summed E-state index contributed by atoms with van der Waals surface area (Å²) in [5.41, 5.74) is 6.48. The summed E-state index contributed by atoms with van der Waals surface area (Å²) in [5, 5.41) is 3.08. The lowest BCUT2D eigenvalue weighted by atomic mass is 9.91. The molecule has 0 atom stereocenters. The summed E-state index contributed by atoms with van der Waals surface area (Å²) in [6.07, 6.45) is 3.88. The Hall–Kier alpha value is -1.75. The van der Waals surface area contributed by atoms with Gasteiger partial charge < -0.3 is 20.5 Å². The SMILES string of the molecule is COc1cc(C(=O)NC2CCC(N)CC2)ccc1OC(C)C. The molecule has 0 aliphatic heterocycles. The van der Waals surface area contributed by atoms with Crippen LogP contribution >= 0.6 is 0 Å². The van der Waals surface area contributed by atoms with Gasteiger partial charge in [0.1, 0.15) is 0 Å². The maximum Gasteiger partial charge on any atom is 0.251 e. The number of amides is 1. The molecule has 5 heteroatoms. The predicted molar refractivity (Wildman–Crippen MR) is 86.5 cm³/mol. The molecule has 1 saturated carbocycles. The maximum atomic E-state index is 12.4. The zero-order valence-electron chi connectivity index (χ0n) is 13.6. The van der Waals surface area contributed by atoms with Crippen LogP contribution in [0.3, 0.4) is 0 Å². The third-order valence-electron chi connectivity index (χ3n) is 3.90. The Morgan fingerprint density at radius 3 is 2.50 bits per heavy atom. The second kappa shape index (κ2) is 7.49. The van der Waals surface area contributed by atoms with Crippen LogP contribution in [0.15, 0.2) is 18.2 Å². The number of methoxy groups -OCH3 is 1. The number of benzene rings is 1. The van der Waals surface area contributed by atoms with E-state index in [4.69, 9.17) is 15.2 Å². The Morgan fingerprint density at radius 1 is 1.23 bits per heavy atom. The molecule has 0 spiro atoms. The van der Waals surface area contributed by atoms with Gasteiger partial charge in [0.15, 0.2) is 11.5 Å². The van der Waals surface area contributed by atoms with Crippen molar-refractivity contribution in [3.63, 3.8) is 0 Å². The summed E-state index contributed by atoms with van der Waals surface area (Å²) in [6, 6.07) is 5.77. The lowest BCUT2D eigenvalue weighted by Gasteiger charge is -2.26. The number of hydrogen-bond acceptors (Lipinski definition) is 4. The maximum absolute atomic E-state index is 12.4. The van der Waals surface area contributed by atoms with Crippen molar-refractivity contribution >= 4 is 5.91 Å². The second-order valence-corrected chi connectivity index (χ2v) is 6.12. The smallest absolute Gasteiger partial charge is 0.251 e. The summed E-state index contributed by atoms with van der Waals surface area (Å²) >= 11 is 0. The standard InChI is InChI=1S/C17H26N2O3/c1-11(2)22-15-9-4-12(10-16(15)21-3)17(20)19-14-7-5-13(18)6-8-14/h4,9-11,13-14H,5-8,18H2,1-3H3,(H,19,20). The fourth-order valence-electron chi connectivity index (χ4n) is 2.69. The predicted octanol–water partition coefficient (Wildman–Crippen LogP) is 2.48. The third-order valence-corrected chi connectivity index (χ3v) is 3.90. The summed E-state index contributed by atoms with van der Waals surface area (Å²) in [5.74, 6) is 1.15. The van der Waals surface area contributed by atoms with E-state index in [-0.39, 0.29) is 24.1 Å². The normalized spacial score (nSPS) is 21.5. The summed E-state index contributed by atoms with van der Waals surface area (Å²) in [7, 11) is 1.58. The zero-order chi connectivity index (χ0) is 16.1. The van der Waals surface area contributed by atoms with Gasteiger partial charge in [-0.05, 0) is 57.7 Å². The van der Waals surface area contributed by atoms with E-state index in [0.29, 0.717) is 17.1 Å². The van der Waals surface area contributed by atoms with E-state index in [1.54, 1.807) is 25.3 Å². The van der Waals surface area contributed by atoms with E-state index < -0.39 is 0 Å². The van der Waals surface area contributed by atoms with Crippen LogP contribution in [-0.2, 0) is 0 Å². The van der Waals surface area contributed by atoms with Crippen molar-refractivity contribution in [1.82, 2.24) is 5.32 Å². The van der Waals surface area contributed by atoms with Crippen molar-refractivity contribution in [3.8, 4) is 11.5 Å². The number of nitrogens with one attached hydrogen (secondary N) is 1. The number of carbonyl (C=O) groups excluding carboxylic acids is 1. The fourth-order valence-corrected chi connectivity index (χ4v) is 2.69. The fraction of sp³-hybridized carbons (Fsp3) is 0.588. The quantitative estimate of drug-likeness (QED) is 0.876. The largest absolute Gasteiger partial charge is 0.493 e. The molecule has 1 aromatic carbocycles. The molecule has 1 fully saturated rings. The van der Waals surface area contributed by atoms with E-state index in [9.17, 15) is 4.79 Å². The van der Waals surface area contributed by atoms with Gasteiger partial charge in [-0.1, -0.05) is 0 Å². The number of hydrogen-bond donors (Lipinski definition) is 2. The molecule has 1 aliphatic carbocycles. The molecule has 22 heavy (non-hydrogen) atoms. The number of ether oxygens (including phenoxy) is 2. The average Bonchev–Trinajstić information content (AvgIpc) is 2.49. The van der Waals surface area contributed by atoms with Crippen molar-refractivity contribution in [2.24, 2.45) is 5.73 Å². The molecule has 122 valence electrons. The number of nitrogens with two attached hydrogens (primary N) is 1. The van der Waals surface area contributed by atoms with Gasteiger partial charge in [0.2, 0.25) is 0 Å². The monoisotopic (exact) mass is 306 g/mol. The highest BCUT2D eigenvalue weighted by Gasteiger charge is 2.21. The van der Waals surface area contributed by atoms with Gasteiger partial charge in [0, 0.05) is 17.6 Å². The van der Waals surface area contributed by atoms with Crippen molar-refractivity contribution in [3.05, 3.63) is 23.8 Å². The molecular weight excluding hydrogens is 280 g/mol. The minimum absolute atomic E-state index is 0.0556. The molecule has 0 aromatic heterocycles. The van der Waals surface area contributed by atoms with Crippen molar-refractivity contribution in [2.45, 2.75) is 57.7 Å². The Kier molecular flexibility index (Phi) is 5.66. The molecule has 2 rings (SSSR count). The minimum Gasteiger partial charge on any atom is -0.493 e. The lowest BCUT2D eigenvalue weighted by molar-refractivity contribution is 0.0925. The highest BCUT2D eigenvalue weighted by molar-refractivity contribution is 5.95. The molecule has 0 radical (unpaired) electrons. The zero-order valence-corrected chi connectivity index (χ0v) is 13.6. The van der Waals surface area contributed by atoms with Crippen LogP contribution in [0.2, 0.25) is 0 Å². The van der Waals surface area contributed by atoms with E-state index in [2.05, 4.69) is 5.32 Å². The minimum atomic E-state index is -0.0742. The molecule has 3 N–H and O–H groups in total. The Bertz CT molecular complexity index is 509. The molecule has 1 amide bonds. The van der Waals surface area contributed by atoms with Crippen LogP contribution in [0.5, 0.6) is 11.5 Å². The number of rotatable bonds is 5. The van der Waals surface area contributed by atoms with Crippen LogP contribution in [-0.4, -0.2) is 31.2 Å². The summed E-state index contributed by atoms with van der Waals surface area (Å²) in [6.45, 7) is 3.90. The van der Waals surface area contributed by atoms with Crippen LogP contribution < -0.4 is 20.5 Å². The van der Waals surface area contributed by atoms with Crippen LogP contribution in [0.1, 0.15) is 49.9 Å². The highest BCUT2D eigenvalue weighted by Crippen LogP contribution is 2.29. The van der Waals surface area contributed by atoms with E-state index in [1.165, 1.54) is 0 Å². The van der Waals surface area contributed by atoms with Gasteiger partial charge in [-0.25, -0.2) is 0 Å². The Morgan fingerprint density at radius 2 is 1.91 bits per heavy atom. The van der Waals surface area contributed by atoms with Crippen LogP contribution in [0.25, 0.3) is 0 Å². The van der Waals surface area contributed by atoms with E-state index in [0.717, 1.165) is 25.7 Å². The molecule has 0 saturated heterocycles. The van der Waals surface area contributed by atoms with Crippen molar-refractivity contribution in [2.75, 3.05) is 7.11 Å². The molecule has 0 bridgehead atoms. The van der Waals surface area contributed by atoms with Gasteiger partial charge in [-0.3, -0.25) is 4.79 Å². The first-order chi connectivity index (χ1) is 10.5. The first-order valence-corrected chi connectivity index (χ1v) is 7.90. The van der Waals surface area contributed by atoms with E-state index >= 15 is 0 Å². The molecule has 1 aliphatic rings. The van der Waals surface area contributed by atoms with Gasteiger partial charge in [0.05, 0.1) is 13.2 Å². The van der Waals surface area contributed by atoms with Crippen LogP contribution in [0, 0.1) is 0 Å². The van der Waals surface area contributed by atoms with Gasteiger partial charge in [-0.2, -0.15) is 0 Å². The topological polar surface area (TPSA) is 73.6 Å². The summed E-state index contributed by atoms with van der Waals surface area (Å²) < 4.78 is 11.0. The van der Waals surface area contributed by atoms with Crippen LogP contribution in [0.4, 0.5) is 0 Å². The Labute approximate surface area is 132 Å². The third kappa shape index (κ3) is 4.37. The Balaban J connectivity index is 2.03. The average molecular weight is 306 g/mol. The second-order valence-electron chi connectivity index (χ2n) is 6.12. The van der Waals surface area contributed by atoms with E-state index in [1.807, 2.05) is 13.8 Å². The van der Waals surface area contributed by atoms with Gasteiger partial charge >= 0.3 is 0 Å². The lowest BCUT2D eigenvalue weighted by Crippen LogP contribution is -2.40. The first-order valence-electron chi connectivity index (χ1n) is 7.90. The first kappa shape index (κ1) is 16.6. The van der Waals surface area contributed by atoms with Crippen molar-refractivity contribution < 1.29 is 14.3 Å². The molecule has 5 nitrogen and oxygen atoms in total. The van der Waals surface area contributed by atoms with Gasteiger partial charge in [0.25, 0.3) is 5.91 Å². The molecule has 0 unspecified atom stereocenters. The number of carbonyl (C=O) groups is 1. The summed E-state index contributed by atoms with van der Waals surface area (Å²) in [4.78, 5) is 12.4. The molecular formula is C17H26N2O3. The molecule has 0 heterocycles. The van der Waals surface area contributed by atoms with Gasteiger partial charge in [-0.15, -0.1) is 0 Å².